The number of carboxylic acids is 1. The van der Waals surface area contributed by atoms with Gasteiger partial charge in [-0.2, -0.15) is 13.2 Å². The molecular formula is C17H14ClF3N2O6. The molecule has 0 heterocycles. The van der Waals surface area contributed by atoms with E-state index in [1.165, 1.54) is 12.1 Å². The van der Waals surface area contributed by atoms with E-state index in [0.29, 0.717) is 6.07 Å². The second kappa shape index (κ2) is 9.43. The van der Waals surface area contributed by atoms with E-state index in [9.17, 15) is 28.1 Å². The molecule has 0 spiro atoms. The smallest absolute Gasteiger partial charge is 0.416 e. The predicted molar refractivity (Wildman–Crippen MR) is 96.6 cm³/mol. The molecule has 0 fully saturated rings. The van der Waals surface area contributed by atoms with Crippen LogP contribution in [-0.2, 0) is 15.7 Å². The lowest BCUT2D eigenvalue weighted by Gasteiger charge is -2.13. The van der Waals surface area contributed by atoms with Gasteiger partial charge in [-0.05, 0) is 24.3 Å². The lowest BCUT2D eigenvalue weighted by molar-refractivity contribution is -0.384. The zero-order valence-electron chi connectivity index (χ0n) is 14.5. The third-order valence-corrected chi connectivity index (χ3v) is 3.73. The van der Waals surface area contributed by atoms with Crippen LogP contribution in [0.3, 0.4) is 0 Å². The van der Waals surface area contributed by atoms with Crippen molar-refractivity contribution in [1.29, 1.82) is 0 Å². The van der Waals surface area contributed by atoms with Crippen LogP contribution >= 0.6 is 11.6 Å². The number of alkyl halides is 3. The number of halogens is 4. The number of nitrogens with one attached hydrogen (secondary N) is 1. The molecule has 0 saturated heterocycles. The molecule has 8 nitrogen and oxygen atoms in total. The largest absolute Gasteiger partial charge is 0.480 e. The van der Waals surface area contributed by atoms with Crippen molar-refractivity contribution in [3.05, 3.63) is 57.1 Å². The first-order chi connectivity index (χ1) is 13.6. The second-order valence-corrected chi connectivity index (χ2v) is 5.96. The molecule has 29 heavy (non-hydrogen) atoms. The maximum atomic E-state index is 12.7. The number of hydrogen-bond acceptors (Lipinski definition) is 6. The molecule has 0 aliphatic rings. The van der Waals surface area contributed by atoms with Crippen molar-refractivity contribution in [2.24, 2.45) is 0 Å². The Morgan fingerprint density at radius 3 is 2.55 bits per heavy atom. The standard InChI is InChI=1S/C17H14ClF3N2O6/c18-12-7-10(17(19,20)21)1-4-15(12)29-11-2-3-14(23(26)27)13(8-11)22-5-6-28-9-16(24)25/h1-4,7-8,22H,5-6,9H2,(H,24,25). The summed E-state index contributed by atoms with van der Waals surface area (Å²) in [6.07, 6.45) is -4.56. The number of anilines is 1. The van der Waals surface area contributed by atoms with Gasteiger partial charge in [-0.25, -0.2) is 4.79 Å². The monoisotopic (exact) mass is 434 g/mol. The van der Waals surface area contributed by atoms with E-state index in [0.717, 1.165) is 18.2 Å². The van der Waals surface area contributed by atoms with Crippen molar-refractivity contribution in [2.45, 2.75) is 6.18 Å². The molecule has 2 aromatic rings. The van der Waals surface area contributed by atoms with Gasteiger partial charge in [-0.15, -0.1) is 0 Å². The summed E-state index contributed by atoms with van der Waals surface area (Å²) in [5, 5.41) is 22.1. The van der Waals surface area contributed by atoms with Crippen LogP contribution in [-0.4, -0.2) is 35.8 Å². The Morgan fingerprint density at radius 1 is 1.24 bits per heavy atom. The van der Waals surface area contributed by atoms with Gasteiger partial charge in [0.1, 0.15) is 23.8 Å². The molecule has 2 N–H and O–H groups in total. The van der Waals surface area contributed by atoms with E-state index >= 15 is 0 Å². The number of carboxylic acid groups (broad SMARTS) is 1. The molecular weight excluding hydrogens is 421 g/mol. The molecule has 0 radical (unpaired) electrons. The Labute approximate surface area is 166 Å². The number of ether oxygens (including phenoxy) is 2. The average molecular weight is 435 g/mol. The zero-order chi connectivity index (χ0) is 21.6. The third kappa shape index (κ3) is 6.50. The van der Waals surface area contributed by atoms with Crippen LogP contribution < -0.4 is 10.1 Å². The fourth-order valence-corrected chi connectivity index (χ4v) is 2.40. The summed E-state index contributed by atoms with van der Waals surface area (Å²) in [6.45, 7) is -0.475. The van der Waals surface area contributed by atoms with Crippen LogP contribution in [0, 0.1) is 10.1 Å². The number of nitrogens with zero attached hydrogens (tertiary/aromatic N) is 1. The molecule has 12 heteroatoms. The molecule has 0 aliphatic heterocycles. The van der Waals surface area contributed by atoms with Gasteiger partial charge in [0, 0.05) is 18.7 Å². The number of rotatable bonds is 9. The van der Waals surface area contributed by atoms with Gasteiger partial charge in [0.05, 0.1) is 22.1 Å². The summed E-state index contributed by atoms with van der Waals surface area (Å²) in [4.78, 5) is 20.9. The Hall–Kier alpha value is -3.05. The van der Waals surface area contributed by atoms with Gasteiger partial charge in [-0.3, -0.25) is 10.1 Å². The van der Waals surface area contributed by atoms with Crippen molar-refractivity contribution in [2.75, 3.05) is 25.1 Å². The van der Waals surface area contributed by atoms with E-state index in [-0.39, 0.29) is 41.0 Å². The third-order valence-electron chi connectivity index (χ3n) is 3.44. The summed E-state index contributed by atoms with van der Waals surface area (Å²) in [5.74, 6) is -1.13. The Kier molecular flexibility index (Phi) is 7.23. The van der Waals surface area contributed by atoms with Gasteiger partial charge in [0.15, 0.2) is 0 Å². The van der Waals surface area contributed by atoms with Crippen molar-refractivity contribution in [1.82, 2.24) is 0 Å². The molecule has 0 bridgehead atoms. The van der Waals surface area contributed by atoms with Crippen molar-refractivity contribution in [3.63, 3.8) is 0 Å². The summed E-state index contributed by atoms with van der Waals surface area (Å²) in [7, 11) is 0. The number of nitro groups is 1. The molecule has 2 aromatic carbocycles. The first kappa shape index (κ1) is 22.2. The predicted octanol–water partition coefficient (Wildman–Crippen LogP) is 4.57. The van der Waals surface area contributed by atoms with Gasteiger partial charge >= 0.3 is 12.1 Å². The molecule has 0 saturated carbocycles. The van der Waals surface area contributed by atoms with Crippen LogP contribution in [0.5, 0.6) is 11.5 Å². The number of benzene rings is 2. The molecule has 0 unspecified atom stereocenters. The molecule has 156 valence electrons. The Bertz CT molecular complexity index is 907. The maximum Gasteiger partial charge on any atom is 0.416 e. The van der Waals surface area contributed by atoms with E-state index in [4.69, 9.17) is 26.2 Å². The SMILES string of the molecule is O=C(O)COCCNc1cc(Oc2ccc(C(F)(F)F)cc2Cl)ccc1[N+](=O)[O-]. The number of carbonyl (C=O) groups is 1. The second-order valence-electron chi connectivity index (χ2n) is 5.55. The quantitative estimate of drug-likeness (QED) is 0.338. The molecule has 0 aromatic heterocycles. The minimum Gasteiger partial charge on any atom is -0.480 e. The van der Waals surface area contributed by atoms with Gasteiger partial charge in [0.25, 0.3) is 5.69 Å². The van der Waals surface area contributed by atoms with Crippen LogP contribution in [0.25, 0.3) is 0 Å². The highest BCUT2D eigenvalue weighted by Crippen LogP contribution is 2.37. The van der Waals surface area contributed by atoms with Crippen LogP contribution in [0.2, 0.25) is 5.02 Å². The summed E-state index contributed by atoms with van der Waals surface area (Å²) in [6, 6.07) is 6.22. The highest BCUT2D eigenvalue weighted by Gasteiger charge is 2.31. The van der Waals surface area contributed by atoms with Crippen molar-refractivity contribution in [3.8, 4) is 11.5 Å². The summed E-state index contributed by atoms with van der Waals surface area (Å²) < 4.78 is 48.4. The lowest BCUT2D eigenvalue weighted by atomic mass is 10.2. The molecule has 0 amide bonds. The number of hydrogen-bond donors (Lipinski definition) is 2. The van der Waals surface area contributed by atoms with E-state index in [2.05, 4.69) is 5.32 Å². The average Bonchev–Trinajstić information content (AvgIpc) is 2.62. The fraction of sp³-hybridized carbons (Fsp3) is 0.235. The molecule has 0 atom stereocenters. The zero-order valence-corrected chi connectivity index (χ0v) is 15.3. The number of aliphatic carboxylic acids is 1. The summed E-state index contributed by atoms with van der Waals surface area (Å²) in [5.41, 5.74) is -1.18. The topological polar surface area (TPSA) is 111 Å². The number of nitro benzene ring substituents is 1. The lowest BCUT2D eigenvalue weighted by Crippen LogP contribution is -2.14. The highest BCUT2D eigenvalue weighted by molar-refractivity contribution is 6.32. The van der Waals surface area contributed by atoms with E-state index in [1.54, 1.807) is 0 Å². The van der Waals surface area contributed by atoms with Gasteiger partial charge < -0.3 is 19.9 Å². The van der Waals surface area contributed by atoms with Gasteiger partial charge in [-0.1, -0.05) is 11.6 Å². The molecule has 0 aliphatic carbocycles. The Morgan fingerprint density at radius 2 is 1.97 bits per heavy atom. The fourth-order valence-electron chi connectivity index (χ4n) is 2.18. The van der Waals surface area contributed by atoms with Crippen LogP contribution in [0.1, 0.15) is 5.56 Å². The van der Waals surface area contributed by atoms with Crippen LogP contribution in [0.4, 0.5) is 24.5 Å². The minimum absolute atomic E-state index is 0.0285. The maximum absolute atomic E-state index is 12.7. The van der Waals surface area contributed by atoms with Gasteiger partial charge in [0.2, 0.25) is 0 Å². The van der Waals surface area contributed by atoms with Crippen LogP contribution in [0.15, 0.2) is 36.4 Å². The first-order valence-electron chi connectivity index (χ1n) is 7.94. The first-order valence-corrected chi connectivity index (χ1v) is 8.32. The highest BCUT2D eigenvalue weighted by atomic mass is 35.5. The summed E-state index contributed by atoms with van der Waals surface area (Å²) >= 11 is 5.84. The van der Waals surface area contributed by atoms with E-state index in [1.807, 2.05) is 0 Å². The minimum atomic E-state index is -4.56. The van der Waals surface area contributed by atoms with E-state index < -0.39 is 29.2 Å². The van der Waals surface area contributed by atoms with Crippen molar-refractivity contribution < 1.29 is 37.5 Å². The normalized spacial score (nSPS) is 11.2. The van der Waals surface area contributed by atoms with Crippen molar-refractivity contribution >= 4 is 28.9 Å². The molecule has 2 rings (SSSR count). The Balaban J connectivity index is 2.15.